The Morgan fingerprint density at radius 1 is 1.46 bits per heavy atom. The van der Waals surface area contributed by atoms with Gasteiger partial charge in [0, 0.05) is 24.7 Å². The third-order valence-electron chi connectivity index (χ3n) is 4.98. The van der Waals surface area contributed by atoms with Gasteiger partial charge >= 0.3 is 0 Å². The molecule has 136 valence electrons. The highest BCUT2D eigenvalue weighted by Crippen LogP contribution is 2.36. The van der Waals surface area contributed by atoms with Gasteiger partial charge in [-0.25, -0.2) is 0 Å². The number of nitrogens with zero attached hydrogens (tertiary/aromatic N) is 2. The van der Waals surface area contributed by atoms with Crippen LogP contribution in [0.2, 0.25) is 0 Å². The van der Waals surface area contributed by atoms with Crippen LogP contribution >= 0.6 is 0 Å². The molecule has 1 aromatic carbocycles. The fourth-order valence-electron chi connectivity index (χ4n) is 3.90. The van der Waals surface area contributed by atoms with Gasteiger partial charge in [0.1, 0.15) is 6.07 Å². The van der Waals surface area contributed by atoms with Crippen LogP contribution in [0.15, 0.2) is 30.5 Å². The summed E-state index contributed by atoms with van der Waals surface area (Å²) in [5, 5.41) is 20.2. The van der Waals surface area contributed by atoms with E-state index in [9.17, 15) is 10.1 Å². The molecule has 0 bridgehead atoms. The standard InChI is InChI=1S/C20H25N5O/c1-3-23-18(26)12-25-20(9-14(2)11-22-13-20)17-7-6-15(10-21)19-16(17)5-4-8-24-19/h4-8,14,22,25H,3,9,11-13H2,1-2H3,(H,23,26)/t14-,20-/m0/s1. The Bertz CT molecular complexity index is 844. The van der Waals surface area contributed by atoms with E-state index in [4.69, 9.17) is 0 Å². The van der Waals surface area contributed by atoms with Gasteiger partial charge in [0.2, 0.25) is 5.91 Å². The topological polar surface area (TPSA) is 89.8 Å². The molecule has 2 heterocycles. The second kappa shape index (κ2) is 7.81. The number of aromatic nitrogens is 1. The van der Waals surface area contributed by atoms with E-state index in [-0.39, 0.29) is 18.0 Å². The van der Waals surface area contributed by atoms with Crippen LogP contribution in [0.3, 0.4) is 0 Å². The summed E-state index contributed by atoms with van der Waals surface area (Å²) >= 11 is 0. The number of nitriles is 1. The molecule has 26 heavy (non-hydrogen) atoms. The highest BCUT2D eigenvalue weighted by Gasteiger charge is 2.38. The molecule has 6 nitrogen and oxygen atoms in total. The molecule has 1 aliphatic heterocycles. The van der Waals surface area contributed by atoms with Crippen molar-refractivity contribution < 1.29 is 4.79 Å². The van der Waals surface area contributed by atoms with Crippen LogP contribution in [-0.4, -0.2) is 37.1 Å². The zero-order valence-corrected chi connectivity index (χ0v) is 15.3. The van der Waals surface area contributed by atoms with Gasteiger partial charge in [-0.1, -0.05) is 19.1 Å². The summed E-state index contributed by atoms with van der Waals surface area (Å²) in [4.78, 5) is 16.5. The number of piperidine rings is 1. The van der Waals surface area contributed by atoms with Gasteiger partial charge < -0.3 is 10.6 Å². The van der Waals surface area contributed by atoms with E-state index in [1.54, 1.807) is 6.20 Å². The molecular weight excluding hydrogens is 326 g/mol. The Morgan fingerprint density at radius 3 is 3.04 bits per heavy atom. The number of nitrogens with one attached hydrogen (secondary N) is 3. The molecule has 0 radical (unpaired) electrons. The average molecular weight is 351 g/mol. The lowest BCUT2D eigenvalue weighted by Gasteiger charge is -2.42. The molecule has 0 saturated carbocycles. The largest absolute Gasteiger partial charge is 0.355 e. The van der Waals surface area contributed by atoms with Crippen molar-refractivity contribution in [2.45, 2.75) is 25.8 Å². The fraction of sp³-hybridized carbons (Fsp3) is 0.450. The van der Waals surface area contributed by atoms with Gasteiger partial charge in [-0.3, -0.25) is 15.1 Å². The lowest BCUT2D eigenvalue weighted by Crippen LogP contribution is -2.57. The van der Waals surface area contributed by atoms with Crippen molar-refractivity contribution in [3.05, 3.63) is 41.6 Å². The first kappa shape index (κ1) is 18.3. The number of hydrogen-bond acceptors (Lipinski definition) is 5. The number of hydrogen-bond donors (Lipinski definition) is 3. The summed E-state index contributed by atoms with van der Waals surface area (Å²) in [6.07, 6.45) is 2.62. The molecule has 0 unspecified atom stereocenters. The van der Waals surface area contributed by atoms with E-state index in [1.807, 2.05) is 31.2 Å². The summed E-state index contributed by atoms with van der Waals surface area (Å²) in [5.74, 6) is 0.453. The van der Waals surface area contributed by atoms with E-state index >= 15 is 0 Å². The van der Waals surface area contributed by atoms with Crippen molar-refractivity contribution in [3.8, 4) is 6.07 Å². The second-order valence-corrected chi connectivity index (χ2v) is 7.00. The second-order valence-electron chi connectivity index (χ2n) is 7.00. The minimum atomic E-state index is -0.377. The number of rotatable bonds is 5. The van der Waals surface area contributed by atoms with Crippen LogP contribution < -0.4 is 16.0 Å². The molecule has 6 heteroatoms. The Kier molecular flexibility index (Phi) is 5.50. The van der Waals surface area contributed by atoms with Crippen LogP contribution in [0, 0.1) is 17.2 Å². The number of fused-ring (bicyclic) bond motifs is 1. The van der Waals surface area contributed by atoms with Crippen LogP contribution in [0.4, 0.5) is 0 Å². The summed E-state index contributed by atoms with van der Waals surface area (Å²) in [6.45, 7) is 6.68. The van der Waals surface area contributed by atoms with Gasteiger partial charge in [-0.05, 0) is 43.5 Å². The Balaban J connectivity index is 2.06. The number of carbonyl (C=O) groups excluding carboxylic acids is 1. The SMILES string of the molecule is CCNC(=O)CN[C@]1(c2ccc(C#N)c3ncccc23)CNC[C@@H](C)C1. The minimum Gasteiger partial charge on any atom is -0.355 e. The fourth-order valence-corrected chi connectivity index (χ4v) is 3.90. The van der Waals surface area contributed by atoms with E-state index in [1.165, 1.54) is 0 Å². The lowest BCUT2D eigenvalue weighted by molar-refractivity contribution is -0.120. The van der Waals surface area contributed by atoms with Gasteiger partial charge in [-0.15, -0.1) is 0 Å². The first-order chi connectivity index (χ1) is 12.6. The van der Waals surface area contributed by atoms with Crippen LogP contribution in [0.5, 0.6) is 0 Å². The Labute approximate surface area is 154 Å². The van der Waals surface area contributed by atoms with Crippen LogP contribution in [0.25, 0.3) is 10.9 Å². The van der Waals surface area contributed by atoms with Crippen molar-refractivity contribution in [2.75, 3.05) is 26.2 Å². The maximum absolute atomic E-state index is 12.1. The van der Waals surface area contributed by atoms with Crippen molar-refractivity contribution in [2.24, 2.45) is 5.92 Å². The Hall–Kier alpha value is -2.49. The van der Waals surface area contributed by atoms with E-state index in [0.717, 1.165) is 30.5 Å². The summed E-state index contributed by atoms with van der Waals surface area (Å²) in [7, 11) is 0. The first-order valence-electron chi connectivity index (χ1n) is 9.10. The molecule has 3 rings (SSSR count). The number of carbonyl (C=O) groups is 1. The van der Waals surface area contributed by atoms with Crippen molar-refractivity contribution in [1.82, 2.24) is 20.9 Å². The predicted octanol–water partition coefficient (Wildman–Crippen LogP) is 1.66. The van der Waals surface area contributed by atoms with Gasteiger partial charge in [0.15, 0.2) is 0 Å². The van der Waals surface area contributed by atoms with Gasteiger partial charge in [0.25, 0.3) is 0 Å². The number of benzene rings is 1. The zero-order valence-electron chi connectivity index (χ0n) is 15.3. The van der Waals surface area contributed by atoms with E-state index in [0.29, 0.717) is 23.5 Å². The molecule has 0 spiro atoms. The number of amides is 1. The highest BCUT2D eigenvalue weighted by molar-refractivity contribution is 5.88. The number of likely N-dealkylation sites (N-methyl/N-ethyl adjacent to an activating group) is 1. The quantitative estimate of drug-likeness (QED) is 0.762. The van der Waals surface area contributed by atoms with Crippen LogP contribution in [0.1, 0.15) is 31.4 Å². The molecule has 2 atom stereocenters. The predicted molar refractivity (Wildman–Crippen MR) is 101 cm³/mol. The van der Waals surface area contributed by atoms with Crippen molar-refractivity contribution in [1.29, 1.82) is 5.26 Å². The number of pyridine rings is 1. The Morgan fingerprint density at radius 2 is 2.31 bits per heavy atom. The molecular formula is C20H25N5O. The molecule has 1 fully saturated rings. The third kappa shape index (κ3) is 3.55. The summed E-state index contributed by atoms with van der Waals surface area (Å²) < 4.78 is 0. The molecule has 1 aromatic heterocycles. The monoisotopic (exact) mass is 351 g/mol. The maximum atomic E-state index is 12.1. The summed E-state index contributed by atoms with van der Waals surface area (Å²) in [5.41, 5.74) is 1.99. The highest BCUT2D eigenvalue weighted by atomic mass is 16.1. The lowest BCUT2D eigenvalue weighted by atomic mass is 9.77. The molecule has 3 N–H and O–H groups in total. The molecule has 1 saturated heterocycles. The zero-order chi connectivity index (χ0) is 18.6. The van der Waals surface area contributed by atoms with Crippen LogP contribution in [-0.2, 0) is 10.3 Å². The third-order valence-corrected chi connectivity index (χ3v) is 4.98. The molecule has 0 aliphatic carbocycles. The normalized spacial score (nSPS) is 22.7. The average Bonchev–Trinajstić information content (AvgIpc) is 2.66. The van der Waals surface area contributed by atoms with E-state index in [2.05, 4.69) is 33.9 Å². The van der Waals surface area contributed by atoms with Crippen molar-refractivity contribution >= 4 is 16.8 Å². The maximum Gasteiger partial charge on any atom is 0.233 e. The van der Waals surface area contributed by atoms with Gasteiger partial charge in [0.05, 0.1) is 23.2 Å². The minimum absolute atomic E-state index is 0.0128. The molecule has 1 amide bonds. The molecule has 1 aliphatic rings. The smallest absolute Gasteiger partial charge is 0.233 e. The van der Waals surface area contributed by atoms with E-state index < -0.39 is 0 Å². The first-order valence-corrected chi connectivity index (χ1v) is 9.10. The molecule has 2 aromatic rings. The summed E-state index contributed by atoms with van der Waals surface area (Å²) in [6, 6.07) is 9.97. The van der Waals surface area contributed by atoms with Gasteiger partial charge in [-0.2, -0.15) is 5.26 Å². The van der Waals surface area contributed by atoms with Crippen molar-refractivity contribution in [3.63, 3.8) is 0 Å².